The summed E-state index contributed by atoms with van der Waals surface area (Å²) in [5.74, 6) is -4.12. The van der Waals surface area contributed by atoms with Crippen LogP contribution in [0.2, 0.25) is 0 Å². The zero-order chi connectivity index (χ0) is 14.8. The molecule has 2 rings (SSSR count). The highest BCUT2D eigenvalue weighted by Crippen LogP contribution is 2.32. The predicted octanol–water partition coefficient (Wildman–Crippen LogP) is 2.98. The third-order valence-electron chi connectivity index (χ3n) is 3.32. The fraction of sp³-hybridized carbons (Fsp3) is 0.750. The Labute approximate surface area is 118 Å². The van der Waals surface area contributed by atoms with Crippen molar-refractivity contribution < 1.29 is 22.3 Å². The van der Waals surface area contributed by atoms with Crippen molar-refractivity contribution in [1.82, 2.24) is 4.98 Å². The number of halogens is 4. The van der Waals surface area contributed by atoms with Crippen LogP contribution in [0.5, 0.6) is 0 Å². The molecule has 1 fully saturated rings. The van der Waals surface area contributed by atoms with Crippen molar-refractivity contribution in [3.8, 4) is 0 Å². The minimum atomic E-state index is -4.12. The van der Waals surface area contributed by atoms with Crippen LogP contribution in [0.3, 0.4) is 0 Å². The lowest BCUT2D eigenvalue weighted by Gasteiger charge is -2.37. The van der Waals surface area contributed by atoms with E-state index >= 15 is 0 Å². The summed E-state index contributed by atoms with van der Waals surface area (Å²) in [4.78, 5) is 4.22. The topological polar surface area (TPSA) is 48.1 Å². The molecule has 1 saturated carbocycles. The monoisotopic (exact) mass is 312 g/mol. The largest absolute Gasteiger partial charge is 0.368 e. The van der Waals surface area contributed by atoms with Crippen LogP contribution in [-0.4, -0.2) is 29.5 Å². The molecule has 1 aliphatic rings. The van der Waals surface area contributed by atoms with Crippen LogP contribution in [-0.2, 0) is 17.8 Å². The maximum Gasteiger partial charge on any atom is 0.330 e. The fourth-order valence-corrected chi connectivity index (χ4v) is 2.73. The molecule has 0 aliphatic heterocycles. The molecular formula is C12H16F4N2OS. The Kier molecular flexibility index (Phi) is 4.66. The first-order valence-electron chi connectivity index (χ1n) is 6.27. The van der Waals surface area contributed by atoms with Crippen LogP contribution in [0.25, 0.3) is 0 Å². The highest BCUT2D eigenvalue weighted by atomic mass is 32.1. The molecule has 3 nitrogen and oxygen atoms in total. The molecule has 0 amide bonds. The Hall–Kier alpha value is -0.730. The molecule has 1 aromatic heterocycles. The molecule has 0 bridgehead atoms. The lowest BCUT2D eigenvalue weighted by Crippen LogP contribution is -2.48. The van der Waals surface area contributed by atoms with Crippen LogP contribution < -0.4 is 5.73 Å². The molecule has 20 heavy (non-hydrogen) atoms. The zero-order valence-electron chi connectivity index (χ0n) is 10.8. The van der Waals surface area contributed by atoms with E-state index in [1.54, 1.807) is 5.38 Å². The quantitative estimate of drug-likeness (QED) is 0.787. The van der Waals surface area contributed by atoms with Crippen molar-refractivity contribution in [2.45, 2.75) is 50.2 Å². The van der Waals surface area contributed by atoms with Gasteiger partial charge in [-0.2, -0.15) is 8.78 Å². The average molecular weight is 312 g/mol. The third kappa shape index (κ3) is 3.89. The Morgan fingerprint density at radius 3 is 2.70 bits per heavy atom. The number of ether oxygens (including phenoxy) is 1. The third-order valence-corrected chi connectivity index (χ3v) is 4.19. The molecule has 0 aromatic carbocycles. The minimum Gasteiger partial charge on any atom is -0.368 e. The van der Waals surface area contributed by atoms with Gasteiger partial charge in [-0.1, -0.05) is 0 Å². The van der Waals surface area contributed by atoms with Gasteiger partial charge in [-0.15, -0.1) is 11.3 Å². The molecule has 1 aromatic rings. The first-order chi connectivity index (χ1) is 9.31. The number of rotatable bonds is 7. The van der Waals surface area contributed by atoms with E-state index in [0.717, 1.165) is 25.0 Å². The molecule has 0 saturated heterocycles. The number of thiazole rings is 1. The summed E-state index contributed by atoms with van der Waals surface area (Å²) in [5.41, 5.74) is 6.69. The molecular weight excluding hydrogens is 296 g/mol. The molecule has 1 aliphatic carbocycles. The van der Waals surface area contributed by atoms with Gasteiger partial charge >= 0.3 is 12.3 Å². The van der Waals surface area contributed by atoms with E-state index in [1.807, 2.05) is 0 Å². The van der Waals surface area contributed by atoms with Gasteiger partial charge in [0, 0.05) is 17.3 Å². The lowest BCUT2D eigenvalue weighted by atomic mass is 9.75. The molecule has 114 valence electrons. The van der Waals surface area contributed by atoms with Crippen molar-refractivity contribution in [2.75, 3.05) is 6.61 Å². The van der Waals surface area contributed by atoms with Gasteiger partial charge in [0.1, 0.15) is 11.6 Å². The Bertz CT molecular complexity index is 448. The zero-order valence-corrected chi connectivity index (χ0v) is 11.6. The number of nitrogens with zero attached hydrogens (tertiary/aromatic N) is 1. The van der Waals surface area contributed by atoms with Gasteiger partial charge < -0.3 is 10.5 Å². The van der Waals surface area contributed by atoms with Crippen LogP contribution in [0.1, 0.15) is 30.0 Å². The van der Waals surface area contributed by atoms with E-state index in [0.29, 0.717) is 11.4 Å². The minimum absolute atomic E-state index is 0.190. The van der Waals surface area contributed by atoms with Crippen LogP contribution >= 0.6 is 11.3 Å². The second-order valence-electron chi connectivity index (χ2n) is 5.18. The van der Waals surface area contributed by atoms with Gasteiger partial charge in [0.05, 0.1) is 12.3 Å². The van der Waals surface area contributed by atoms with Crippen molar-refractivity contribution in [3.05, 3.63) is 16.1 Å². The van der Waals surface area contributed by atoms with Gasteiger partial charge in [-0.3, -0.25) is 0 Å². The smallest absolute Gasteiger partial charge is 0.330 e. The lowest BCUT2D eigenvalue weighted by molar-refractivity contribution is -0.168. The Balaban J connectivity index is 1.78. The Morgan fingerprint density at radius 2 is 2.15 bits per heavy atom. The summed E-state index contributed by atoms with van der Waals surface area (Å²) < 4.78 is 53.7. The van der Waals surface area contributed by atoms with E-state index in [4.69, 9.17) is 5.73 Å². The van der Waals surface area contributed by atoms with Gasteiger partial charge in [-0.25, -0.2) is 13.8 Å². The molecule has 1 heterocycles. The highest BCUT2D eigenvalue weighted by molar-refractivity contribution is 7.09. The average Bonchev–Trinajstić information content (AvgIpc) is 2.74. The van der Waals surface area contributed by atoms with Crippen LogP contribution in [0.4, 0.5) is 17.6 Å². The number of alkyl halides is 4. The van der Waals surface area contributed by atoms with E-state index in [9.17, 15) is 17.6 Å². The van der Waals surface area contributed by atoms with Crippen molar-refractivity contribution in [3.63, 3.8) is 0 Å². The first kappa shape index (κ1) is 15.7. The SMILES string of the molecule is NC1(Cc2csc(COCC(F)(F)C(F)F)n2)CCC1. The van der Waals surface area contributed by atoms with Gasteiger partial charge in [0.25, 0.3) is 0 Å². The second kappa shape index (κ2) is 5.95. The first-order valence-corrected chi connectivity index (χ1v) is 7.15. The number of hydrogen-bond acceptors (Lipinski definition) is 4. The van der Waals surface area contributed by atoms with E-state index < -0.39 is 19.0 Å². The standard InChI is InChI=1S/C12H16F4N2OS/c13-10(14)12(15,16)7-19-5-9-18-8(6-20-9)4-11(17)2-1-3-11/h6,10H,1-5,7,17H2. The summed E-state index contributed by atoms with van der Waals surface area (Å²) in [6.45, 7) is -1.50. The highest BCUT2D eigenvalue weighted by Gasteiger charge is 2.41. The van der Waals surface area contributed by atoms with Gasteiger partial charge in [0.15, 0.2) is 0 Å². The normalized spacial score (nSPS) is 18.3. The molecule has 0 radical (unpaired) electrons. The summed E-state index contributed by atoms with van der Waals surface area (Å²) in [7, 11) is 0. The second-order valence-corrected chi connectivity index (χ2v) is 6.12. The van der Waals surface area contributed by atoms with Gasteiger partial charge in [-0.05, 0) is 19.3 Å². The summed E-state index contributed by atoms with van der Waals surface area (Å²) in [6.07, 6.45) is -0.0469. The summed E-state index contributed by atoms with van der Waals surface area (Å²) in [6, 6.07) is 0. The molecule has 8 heteroatoms. The Morgan fingerprint density at radius 1 is 1.45 bits per heavy atom. The number of hydrogen-bond donors (Lipinski definition) is 1. The van der Waals surface area contributed by atoms with E-state index in [-0.39, 0.29) is 12.1 Å². The summed E-state index contributed by atoms with van der Waals surface area (Å²) >= 11 is 1.26. The van der Waals surface area contributed by atoms with Crippen molar-refractivity contribution in [2.24, 2.45) is 5.73 Å². The van der Waals surface area contributed by atoms with Crippen molar-refractivity contribution >= 4 is 11.3 Å². The fourth-order valence-electron chi connectivity index (χ4n) is 2.00. The molecule has 0 spiro atoms. The number of aromatic nitrogens is 1. The maximum absolute atomic E-state index is 12.6. The molecule has 0 atom stereocenters. The van der Waals surface area contributed by atoms with E-state index in [2.05, 4.69) is 9.72 Å². The van der Waals surface area contributed by atoms with Crippen molar-refractivity contribution in [1.29, 1.82) is 0 Å². The predicted molar refractivity (Wildman–Crippen MR) is 67.2 cm³/mol. The molecule has 0 unspecified atom stereocenters. The maximum atomic E-state index is 12.6. The van der Waals surface area contributed by atoms with Crippen LogP contribution in [0, 0.1) is 0 Å². The molecule has 2 N–H and O–H groups in total. The number of nitrogens with two attached hydrogens (primary N) is 1. The van der Waals surface area contributed by atoms with Crippen LogP contribution in [0.15, 0.2) is 5.38 Å². The van der Waals surface area contributed by atoms with Gasteiger partial charge in [0.2, 0.25) is 0 Å². The summed E-state index contributed by atoms with van der Waals surface area (Å²) in [5, 5.41) is 2.30. The van der Waals surface area contributed by atoms with E-state index in [1.165, 1.54) is 11.3 Å².